The van der Waals surface area contributed by atoms with Gasteiger partial charge in [0.15, 0.2) is 0 Å². The van der Waals surface area contributed by atoms with Gasteiger partial charge in [0.2, 0.25) is 5.82 Å². The predicted molar refractivity (Wildman–Crippen MR) is 64.7 cm³/mol. The molecule has 6 nitrogen and oxygen atoms in total. The Morgan fingerprint density at radius 1 is 1.33 bits per heavy atom. The van der Waals surface area contributed by atoms with E-state index in [1.807, 2.05) is 0 Å². The molecular formula is C12H16N6. The van der Waals surface area contributed by atoms with E-state index in [9.17, 15) is 0 Å². The van der Waals surface area contributed by atoms with Crippen LogP contribution in [0.15, 0.2) is 0 Å². The van der Waals surface area contributed by atoms with Crippen molar-refractivity contribution in [2.75, 3.05) is 0 Å². The molecule has 3 atom stereocenters. The van der Waals surface area contributed by atoms with Crippen LogP contribution in [0.4, 0.5) is 0 Å². The number of unbranched alkanes of at least 4 members (excludes halogenated alkanes) is 1. The van der Waals surface area contributed by atoms with Crippen LogP contribution in [0.5, 0.6) is 0 Å². The van der Waals surface area contributed by atoms with Crippen LogP contribution in [-0.2, 0) is 6.42 Å². The van der Waals surface area contributed by atoms with E-state index in [1.54, 1.807) is 0 Å². The number of hydrogen-bond acceptors (Lipinski definition) is 4. The molecule has 0 amide bonds. The fraction of sp³-hybridized carbons (Fsp3) is 0.667. The van der Waals surface area contributed by atoms with E-state index in [0.717, 1.165) is 29.9 Å². The molecule has 2 aliphatic rings. The Morgan fingerprint density at radius 2 is 2.28 bits per heavy atom. The second-order valence-electron chi connectivity index (χ2n) is 5.40. The molecular weight excluding hydrogens is 228 g/mol. The number of aromatic nitrogens is 6. The second-order valence-corrected chi connectivity index (χ2v) is 5.40. The van der Waals surface area contributed by atoms with Gasteiger partial charge in [-0.1, -0.05) is 19.8 Å². The van der Waals surface area contributed by atoms with Crippen molar-refractivity contribution >= 4 is 0 Å². The van der Waals surface area contributed by atoms with E-state index in [1.165, 1.54) is 30.5 Å². The van der Waals surface area contributed by atoms with E-state index < -0.39 is 0 Å². The molecule has 0 aliphatic heterocycles. The Balaban J connectivity index is 1.60. The highest BCUT2D eigenvalue weighted by Gasteiger charge is 2.56. The Kier molecular flexibility index (Phi) is 2.06. The van der Waals surface area contributed by atoms with Crippen molar-refractivity contribution in [1.29, 1.82) is 0 Å². The maximum atomic E-state index is 4.36. The topological polar surface area (TPSA) is 83.1 Å². The van der Waals surface area contributed by atoms with Crippen molar-refractivity contribution in [2.24, 2.45) is 11.8 Å². The summed E-state index contributed by atoms with van der Waals surface area (Å²) in [5, 5.41) is 21.7. The quantitative estimate of drug-likeness (QED) is 0.856. The highest BCUT2D eigenvalue weighted by Crippen LogP contribution is 2.63. The van der Waals surface area contributed by atoms with Crippen molar-refractivity contribution in [3.05, 3.63) is 11.3 Å². The summed E-state index contributed by atoms with van der Waals surface area (Å²) in [5.74, 6) is 3.06. The third-order valence-corrected chi connectivity index (χ3v) is 4.45. The van der Waals surface area contributed by atoms with Crippen molar-refractivity contribution < 1.29 is 0 Å². The van der Waals surface area contributed by atoms with Crippen molar-refractivity contribution in [1.82, 2.24) is 30.8 Å². The summed E-state index contributed by atoms with van der Waals surface area (Å²) in [6.45, 7) is 2.26. The molecule has 2 aromatic rings. The molecule has 0 aromatic carbocycles. The smallest absolute Gasteiger partial charge is 0.225 e. The van der Waals surface area contributed by atoms with Gasteiger partial charge in [0.1, 0.15) is 5.69 Å². The molecule has 2 aliphatic carbocycles. The summed E-state index contributed by atoms with van der Waals surface area (Å²) in [6.07, 6.45) is 5.13. The monoisotopic (exact) mass is 244 g/mol. The number of nitrogens with one attached hydrogen (secondary N) is 2. The van der Waals surface area contributed by atoms with Gasteiger partial charge in [0.25, 0.3) is 0 Å². The van der Waals surface area contributed by atoms with Gasteiger partial charge < -0.3 is 0 Å². The van der Waals surface area contributed by atoms with Gasteiger partial charge in [-0.05, 0) is 29.9 Å². The van der Waals surface area contributed by atoms with Gasteiger partial charge in [-0.3, -0.25) is 5.10 Å². The molecule has 0 radical (unpaired) electrons. The molecule has 18 heavy (non-hydrogen) atoms. The van der Waals surface area contributed by atoms with E-state index in [0.29, 0.717) is 5.82 Å². The third kappa shape index (κ3) is 1.28. The standard InChI is InChI=1S/C12H16N6/c1-2-3-4-6-7-5-8-10(9(6)7)13-14-11(8)12-15-17-18-16-12/h6-7,9H,2-5H2,1H3,(H,13,14)(H,15,16,17,18)/t6?,7-,9+/m0/s1. The molecule has 0 spiro atoms. The van der Waals surface area contributed by atoms with Gasteiger partial charge in [0, 0.05) is 17.2 Å². The molecule has 2 N–H and O–H groups in total. The summed E-state index contributed by atoms with van der Waals surface area (Å²) in [7, 11) is 0. The van der Waals surface area contributed by atoms with Gasteiger partial charge in [-0.15, -0.1) is 10.2 Å². The van der Waals surface area contributed by atoms with Crippen LogP contribution in [0.3, 0.4) is 0 Å². The van der Waals surface area contributed by atoms with E-state index in [-0.39, 0.29) is 0 Å². The minimum atomic E-state index is 0.610. The first-order chi connectivity index (χ1) is 8.90. The third-order valence-electron chi connectivity index (χ3n) is 4.45. The molecule has 4 rings (SSSR count). The lowest BCUT2D eigenvalue weighted by Crippen LogP contribution is -1.94. The fourth-order valence-electron chi connectivity index (χ4n) is 3.53. The molecule has 6 heteroatoms. The highest BCUT2D eigenvalue weighted by atomic mass is 15.5. The van der Waals surface area contributed by atoms with Gasteiger partial charge in [0.05, 0.1) is 0 Å². The predicted octanol–water partition coefficient (Wildman–Crippen LogP) is 1.67. The van der Waals surface area contributed by atoms with Crippen LogP contribution >= 0.6 is 0 Å². The SMILES string of the molecule is CCCCC1[C@H]2c3[nH]nc(-c4nn[nH]n4)c3C[C@@H]12. The maximum Gasteiger partial charge on any atom is 0.225 e. The van der Waals surface area contributed by atoms with Crippen molar-refractivity contribution in [2.45, 2.75) is 38.5 Å². The van der Waals surface area contributed by atoms with Gasteiger partial charge in [-0.2, -0.15) is 10.3 Å². The molecule has 0 bridgehead atoms. The summed E-state index contributed by atoms with van der Waals surface area (Å²) >= 11 is 0. The zero-order chi connectivity index (χ0) is 12.1. The number of aromatic amines is 2. The Bertz CT molecular complexity index is 557. The van der Waals surface area contributed by atoms with Crippen LogP contribution in [0.1, 0.15) is 43.4 Å². The van der Waals surface area contributed by atoms with Crippen LogP contribution in [0.25, 0.3) is 11.5 Å². The molecule has 1 unspecified atom stereocenters. The average Bonchev–Trinajstić information content (AvgIpc) is 2.86. The van der Waals surface area contributed by atoms with Crippen LogP contribution in [0.2, 0.25) is 0 Å². The van der Waals surface area contributed by atoms with Crippen LogP contribution in [-0.4, -0.2) is 30.8 Å². The first kappa shape index (κ1) is 10.2. The average molecular weight is 244 g/mol. The first-order valence-electron chi connectivity index (χ1n) is 6.71. The molecule has 0 saturated heterocycles. The van der Waals surface area contributed by atoms with E-state index in [4.69, 9.17) is 0 Å². The van der Waals surface area contributed by atoms with E-state index in [2.05, 4.69) is 37.7 Å². The van der Waals surface area contributed by atoms with Crippen molar-refractivity contribution in [3.8, 4) is 11.5 Å². The second kappa shape index (κ2) is 3.63. The normalized spacial score (nSPS) is 28.2. The summed E-state index contributed by atoms with van der Waals surface area (Å²) < 4.78 is 0. The molecule has 2 heterocycles. The number of rotatable bonds is 4. The lowest BCUT2D eigenvalue weighted by molar-refractivity contribution is 0.590. The summed E-state index contributed by atoms with van der Waals surface area (Å²) in [4.78, 5) is 0. The molecule has 94 valence electrons. The molecule has 1 saturated carbocycles. The lowest BCUT2D eigenvalue weighted by atomic mass is 10.0. The maximum absolute atomic E-state index is 4.36. The van der Waals surface area contributed by atoms with Gasteiger partial charge >= 0.3 is 0 Å². The lowest BCUT2D eigenvalue weighted by Gasteiger charge is -2.02. The minimum Gasteiger partial charge on any atom is -0.281 e. The Morgan fingerprint density at radius 3 is 3.06 bits per heavy atom. The number of tetrazole rings is 1. The molecule has 2 aromatic heterocycles. The van der Waals surface area contributed by atoms with Crippen molar-refractivity contribution in [3.63, 3.8) is 0 Å². The number of H-pyrrole nitrogens is 2. The number of hydrogen-bond donors (Lipinski definition) is 2. The molecule has 1 fully saturated rings. The van der Waals surface area contributed by atoms with Crippen LogP contribution < -0.4 is 0 Å². The summed E-state index contributed by atoms with van der Waals surface area (Å²) in [6, 6.07) is 0. The first-order valence-corrected chi connectivity index (χ1v) is 6.71. The minimum absolute atomic E-state index is 0.610. The fourth-order valence-corrected chi connectivity index (χ4v) is 3.53. The zero-order valence-electron chi connectivity index (χ0n) is 10.3. The Hall–Kier alpha value is -1.72. The van der Waals surface area contributed by atoms with Gasteiger partial charge in [-0.25, -0.2) is 0 Å². The highest BCUT2D eigenvalue weighted by molar-refractivity contribution is 5.59. The number of nitrogens with zero attached hydrogens (tertiary/aromatic N) is 4. The number of fused-ring (bicyclic) bond motifs is 3. The zero-order valence-corrected chi connectivity index (χ0v) is 10.3. The summed E-state index contributed by atoms with van der Waals surface area (Å²) in [5.41, 5.74) is 3.54. The largest absolute Gasteiger partial charge is 0.281 e. The van der Waals surface area contributed by atoms with E-state index >= 15 is 0 Å². The van der Waals surface area contributed by atoms with Crippen LogP contribution in [0, 0.1) is 11.8 Å². The Labute approximate surface area is 105 Å².